The number of nitrogens with one attached hydrogen (secondary N) is 1. The van der Waals surface area contributed by atoms with E-state index < -0.39 is 0 Å². The summed E-state index contributed by atoms with van der Waals surface area (Å²) in [4.78, 5) is 15.5. The number of nitrogens with zero attached hydrogens (tertiary/aromatic N) is 1. The van der Waals surface area contributed by atoms with Gasteiger partial charge in [0.25, 0.3) is 5.91 Å². The molecule has 1 rings (SSSR count). The summed E-state index contributed by atoms with van der Waals surface area (Å²) in [5.74, 6) is 1.37. The van der Waals surface area contributed by atoms with E-state index in [4.69, 9.17) is 5.73 Å². The van der Waals surface area contributed by atoms with Gasteiger partial charge in [0.1, 0.15) is 5.69 Å². The Labute approximate surface area is 97.7 Å². The average molecular weight is 245 g/mol. The molecule has 6 heteroatoms. The highest BCUT2D eigenvalue weighted by atomic mass is 32.2. The molecule has 1 amide bonds. The molecule has 0 aliphatic heterocycles. The molecule has 0 aromatic carbocycles. The summed E-state index contributed by atoms with van der Waals surface area (Å²) in [6.45, 7) is 2.78. The van der Waals surface area contributed by atoms with Gasteiger partial charge in [-0.3, -0.25) is 4.79 Å². The zero-order valence-corrected chi connectivity index (χ0v) is 10.5. The van der Waals surface area contributed by atoms with Crippen LogP contribution in [0.2, 0.25) is 0 Å². The number of carbonyl (C=O) groups excluding carboxylic acids is 1. The Morgan fingerprint density at radius 2 is 2.53 bits per heavy atom. The monoisotopic (exact) mass is 245 g/mol. The average Bonchev–Trinajstić information content (AvgIpc) is 2.62. The Morgan fingerprint density at radius 1 is 1.80 bits per heavy atom. The van der Waals surface area contributed by atoms with Crippen LogP contribution >= 0.6 is 23.1 Å². The highest BCUT2D eigenvalue weighted by Crippen LogP contribution is 2.10. The summed E-state index contributed by atoms with van der Waals surface area (Å²) < 4.78 is 0. The minimum absolute atomic E-state index is 0.143. The number of thioether (sulfide) groups is 1. The number of nitrogens with two attached hydrogens (primary N) is 1. The van der Waals surface area contributed by atoms with E-state index in [0.717, 1.165) is 5.75 Å². The quantitative estimate of drug-likeness (QED) is 0.824. The maximum atomic E-state index is 11.5. The Balaban J connectivity index is 2.36. The van der Waals surface area contributed by atoms with Crippen LogP contribution in [-0.2, 0) is 0 Å². The van der Waals surface area contributed by atoms with Crippen LogP contribution in [0.3, 0.4) is 0 Å². The van der Waals surface area contributed by atoms with Crippen molar-refractivity contribution < 1.29 is 4.79 Å². The number of aromatic nitrogens is 1. The van der Waals surface area contributed by atoms with Crippen LogP contribution in [0.4, 0.5) is 5.13 Å². The van der Waals surface area contributed by atoms with Gasteiger partial charge in [-0.05, 0) is 17.9 Å². The van der Waals surface area contributed by atoms with Crippen molar-refractivity contribution in [3.8, 4) is 0 Å². The van der Waals surface area contributed by atoms with Gasteiger partial charge in [0.05, 0.1) is 0 Å². The standard InChI is InChI=1S/C9H15N3OS2/c1-6(4-14-2)3-11-8(13)7-5-15-9(10)12-7/h5-6H,3-4H2,1-2H3,(H2,10,12)(H,11,13). The van der Waals surface area contributed by atoms with E-state index in [0.29, 0.717) is 23.3 Å². The maximum absolute atomic E-state index is 11.5. The Morgan fingerprint density at radius 3 is 3.07 bits per heavy atom. The number of nitrogen functional groups attached to an aromatic ring is 1. The van der Waals surface area contributed by atoms with Crippen molar-refractivity contribution in [2.45, 2.75) is 6.92 Å². The third-order valence-corrected chi connectivity index (χ3v) is 3.39. The van der Waals surface area contributed by atoms with Crippen molar-refractivity contribution in [1.82, 2.24) is 10.3 Å². The first-order valence-electron chi connectivity index (χ1n) is 4.61. The number of amides is 1. The molecule has 1 heterocycles. The molecule has 0 bridgehead atoms. The molecule has 0 aliphatic carbocycles. The van der Waals surface area contributed by atoms with Gasteiger partial charge in [0.15, 0.2) is 5.13 Å². The van der Waals surface area contributed by atoms with Gasteiger partial charge < -0.3 is 11.1 Å². The molecule has 1 atom stereocenters. The molecule has 0 spiro atoms. The number of carbonyl (C=O) groups is 1. The molecule has 1 aromatic heterocycles. The second kappa shape index (κ2) is 5.97. The topological polar surface area (TPSA) is 68.0 Å². The molecule has 0 saturated heterocycles. The van der Waals surface area contributed by atoms with E-state index in [9.17, 15) is 4.79 Å². The summed E-state index contributed by atoms with van der Waals surface area (Å²) in [5, 5.41) is 4.93. The Bertz CT molecular complexity index is 327. The zero-order valence-electron chi connectivity index (χ0n) is 8.82. The fraction of sp³-hybridized carbons (Fsp3) is 0.556. The molecular weight excluding hydrogens is 230 g/mol. The van der Waals surface area contributed by atoms with E-state index in [1.165, 1.54) is 11.3 Å². The second-order valence-electron chi connectivity index (χ2n) is 3.34. The summed E-state index contributed by atoms with van der Waals surface area (Å²) in [7, 11) is 0. The molecule has 0 fully saturated rings. The molecule has 84 valence electrons. The van der Waals surface area contributed by atoms with E-state index >= 15 is 0 Å². The van der Waals surface area contributed by atoms with Crippen LogP contribution in [0, 0.1) is 5.92 Å². The van der Waals surface area contributed by atoms with Crippen molar-refractivity contribution in [3.63, 3.8) is 0 Å². The third kappa shape index (κ3) is 4.09. The smallest absolute Gasteiger partial charge is 0.270 e. The van der Waals surface area contributed by atoms with E-state index in [1.54, 1.807) is 17.1 Å². The summed E-state index contributed by atoms with van der Waals surface area (Å²) >= 11 is 3.06. The van der Waals surface area contributed by atoms with Crippen LogP contribution in [-0.4, -0.2) is 29.4 Å². The van der Waals surface area contributed by atoms with Crippen LogP contribution in [0.1, 0.15) is 17.4 Å². The van der Waals surface area contributed by atoms with Crippen molar-refractivity contribution in [2.24, 2.45) is 5.92 Å². The van der Waals surface area contributed by atoms with Gasteiger partial charge >= 0.3 is 0 Å². The predicted molar refractivity (Wildman–Crippen MR) is 66.4 cm³/mol. The van der Waals surface area contributed by atoms with Crippen molar-refractivity contribution in [1.29, 1.82) is 0 Å². The van der Waals surface area contributed by atoms with E-state index in [-0.39, 0.29) is 5.91 Å². The highest BCUT2D eigenvalue weighted by Gasteiger charge is 2.10. The molecule has 4 nitrogen and oxygen atoms in total. The first kappa shape index (κ1) is 12.3. The summed E-state index contributed by atoms with van der Waals surface area (Å²) in [5.41, 5.74) is 5.86. The highest BCUT2D eigenvalue weighted by molar-refractivity contribution is 7.98. The van der Waals surface area contributed by atoms with Crippen molar-refractivity contribution >= 4 is 34.1 Å². The number of rotatable bonds is 5. The van der Waals surface area contributed by atoms with E-state index in [1.807, 2.05) is 0 Å². The molecule has 1 unspecified atom stereocenters. The lowest BCUT2D eigenvalue weighted by Gasteiger charge is -2.09. The minimum Gasteiger partial charge on any atom is -0.375 e. The molecule has 0 aliphatic rings. The fourth-order valence-corrected chi connectivity index (χ4v) is 2.32. The lowest BCUT2D eigenvalue weighted by atomic mass is 10.2. The largest absolute Gasteiger partial charge is 0.375 e. The second-order valence-corrected chi connectivity index (χ2v) is 5.14. The molecule has 3 N–H and O–H groups in total. The maximum Gasteiger partial charge on any atom is 0.270 e. The fourth-order valence-electron chi connectivity index (χ4n) is 1.09. The van der Waals surface area contributed by atoms with Gasteiger partial charge in [0.2, 0.25) is 0 Å². The van der Waals surface area contributed by atoms with Crippen LogP contribution in [0.25, 0.3) is 0 Å². The number of thiazole rings is 1. The molecule has 15 heavy (non-hydrogen) atoms. The van der Waals surface area contributed by atoms with E-state index in [2.05, 4.69) is 23.5 Å². The molecular formula is C9H15N3OS2. The Kier molecular flexibility index (Phi) is 4.90. The Hall–Kier alpha value is -0.750. The minimum atomic E-state index is -0.143. The van der Waals surface area contributed by atoms with Gasteiger partial charge in [0, 0.05) is 11.9 Å². The number of hydrogen-bond donors (Lipinski definition) is 2. The summed E-state index contributed by atoms with van der Waals surface area (Å²) in [6, 6.07) is 0. The number of anilines is 1. The normalized spacial score (nSPS) is 12.4. The predicted octanol–water partition coefficient (Wildman–Crippen LogP) is 1.45. The third-order valence-electron chi connectivity index (χ3n) is 1.82. The first-order valence-corrected chi connectivity index (χ1v) is 6.89. The van der Waals surface area contributed by atoms with Gasteiger partial charge in [-0.1, -0.05) is 6.92 Å². The molecule has 0 saturated carbocycles. The SMILES string of the molecule is CSCC(C)CNC(=O)c1csc(N)n1. The number of hydrogen-bond acceptors (Lipinski definition) is 5. The first-order chi connectivity index (χ1) is 7.13. The van der Waals surface area contributed by atoms with Crippen molar-refractivity contribution in [2.75, 3.05) is 24.3 Å². The van der Waals surface area contributed by atoms with Gasteiger partial charge in [-0.25, -0.2) is 4.98 Å². The van der Waals surface area contributed by atoms with Gasteiger partial charge in [-0.15, -0.1) is 11.3 Å². The molecule has 0 radical (unpaired) electrons. The summed E-state index contributed by atoms with van der Waals surface area (Å²) in [6.07, 6.45) is 2.06. The van der Waals surface area contributed by atoms with Crippen LogP contribution in [0.5, 0.6) is 0 Å². The van der Waals surface area contributed by atoms with Crippen LogP contribution < -0.4 is 11.1 Å². The lowest BCUT2D eigenvalue weighted by Crippen LogP contribution is -2.29. The zero-order chi connectivity index (χ0) is 11.3. The van der Waals surface area contributed by atoms with Gasteiger partial charge in [-0.2, -0.15) is 11.8 Å². The molecule has 1 aromatic rings. The van der Waals surface area contributed by atoms with Crippen LogP contribution in [0.15, 0.2) is 5.38 Å². The van der Waals surface area contributed by atoms with Crippen molar-refractivity contribution in [3.05, 3.63) is 11.1 Å². The lowest BCUT2D eigenvalue weighted by molar-refractivity contribution is 0.0945.